The van der Waals surface area contributed by atoms with Crippen molar-refractivity contribution < 1.29 is 19.1 Å². The molecule has 0 unspecified atom stereocenters. The van der Waals surface area contributed by atoms with Gasteiger partial charge in [0.1, 0.15) is 4.88 Å². The van der Waals surface area contributed by atoms with E-state index >= 15 is 0 Å². The molecule has 10 nitrogen and oxygen atoms in total. The fraction of sp³-hybridized carbons (Fsp3) is 0.111. The molecule has 0 atom stereocenters. The predicted molar refractivity (Wildman–Crippen MR) is 105 cm³/mol. The number of rotatable bonds is 5. The van der Waals surface area contributed by atoms with Gasteiger partial charge in [0.05, 0.1) is 18.4 Å². The molecule has 146 valence electrons. The molecule has 4 rings (SSSR count). The van der Waals surface area contributed by atoms with Crippen molar-refractivity contribution in [3.8, 4) is 11.5 Å². The van der Waals surface area contributed by atoms with Gasteiger partial charge in [0.15, 0.2) is 11.5 Å². The summed E-state index contributed by atoms with van der Waals surface area (Å²) in [5, 5.41) is 20.3. The summed E-state index contributed by atoms with van der Waals surface area (Å²) in [6, 6.07) is 8.45. The first-order valence-electron chi connectivity index (χ1n) is 8.35. The Hall–Kier alpha value is -3.86. The van der Waals surface area contributed by atoms with Crippen molar-refractivity contribution >= 4 is 40.9 Å². The molecule has 0 radical (unpaired) electrons. The van der Waals surface area contributed by atoms with Crippen molar-refractivity contribution in [3.05, 3.63) is 51.7 Å². The average Bonchev–Trinajstić information content (AvgIpc) is 3.47. The SMILES string of the molecule is COc1cc(C=C2C(=O)N(c3nn[nH]n3)N=C2C)ccc1OC(=O)c1cccs1. The van der Waals surface area contributed by atoms with Crippen LogP contribution in [0.2, 0.25) is 0 Å². The number of hydrogen-bond donors (Lipinski definition) is 1. The Labute approximate surface area is 168 Å². The fourth-order valence-corrected chi connectivity index (χ4v) is 3.23. The number of hydrazone groups is 1. The van der Waals surface area contributed by atoms with Crippen molar-refractivity contribution in [1.82, 2.24) is 20.6 Å². The van der Waals surface area contributed by atoms with E-state index < -0.39 is 5.97 Å². The van der Waals surface area contributed by atoms with Crippen molar-refractivity contribution in [1.29, 1.82) is 0 Å². The highest BCUT2D eigenvalue weighted by Crippen LogP contribution is 2.31. The Morgan fingerprint density at radius 1 is 1.28 bits per heavy atom. The minimum absolute atomic E-state index is 0.0613. The molecule has 1 aliphatic rings. The van der Waals surface area contributed by atoms with Crippen LogP contribution >= 0.6 is 11.3 Å². The van der Waals surface area contributed by atoms with Gasteiger partial charge in [-0.3, -0.25) is 4.79 Å². The highest BCUT2D eigenvalue weighted by atomic mass is 32.1. The molecule has 3 aromatic rings. The molecule has 0 bridgehead atoms. The van der Waals surface area contributed by atoms with Crippen LogP contribution in [-0.4, -0.2) is 45.3 Å². The molecule has 2 aromatic heterocycles. The second-order valence-electron chi connectivity index (χ2n) is 5.85. The molecule has 1 aromatic carbocycles. The standard InChI is InChI=1S/C18H14N6O4S/c1-10-12(16(25)24(21-10)18-19-22-23-20-18)8-11-5-6-13(14(9-11)27-2)28-17(26)15-4-3-7-29-15/h3-9H,1-2H3,(H,19,20,22,23). The summed E-state index contributed by atoms with van der Waals surface area (Å²) >= 11 is 1.29. The normalized spacial score (nSPS) is 15.0. The number of nitrogens with zero attached hydrogens (tertiary/aromatic N) is 5. The number of carbonyl (C=O) groups excluding carboxylic acids is 2. The van der Waals surface area contributed by atoms with Gasteiger partial charge < -0.3 is 9.47 Å². The van der Waals surface area contributed by atoms with Gasteiger partial charge in [-0.1, -0.05) is 17.2 Å². The van der Waals surface area contributed by atoms with Crippen LogP contribution in [0.1, 0.15) is 22.2 Å². The zero-order valence-corrected chi connectivity index (χ0v) is 16.1. The summed E-state index contributed by atoms with van der Waals surface area (Å²) in [6.07, 6.45) is 1.66. The van der Waals surface area contributed by atoms with Crippen LogP contribution in [0.4, 0.5) is 5.95 Å². The van der Waals surface area contributed by atoms with Crippen LogP contribution in [0.5, 0.6) is 11.5 Å². The number of esters is 1. The van der Waals surface area contributed by atoms with E-state index in [1.807, 2.05) is 0 Å². The molecule has 0 spiro atoms. The summed E-state index contributed by atoms with van der Waals surface area (Å²) in [5.74, 6) is -0.139. The van der Waals surface area contributed by atoms with Gasteiger partial charge >= 0.3 is 5.97 Å². The third kappa shape index (κ3) is 3.62. The maximum Gasteiger partial charge on any atom is 0.353 e. The number of nitrogens with one attached hydrogen (secondary N) is 1. The first-order chi connectivity index (χ1) is 14.1. The quantitative estimate of drug-likeness (QED) is 0.389. The van der Waals surface area contributed by atoms with Crippen molar-refractivity contribution in [3.63, 3.8) is 0 Å². The van der Waals surface area contributed by atoms with Crippen LogP contribution in [0.3, 0.4) is 0 Å². The number of aromatic nitrogens is 4. The molecular weight excluding hydrogens is 396 g/mol. The number of hydrogen-bond acceptors (Lipinski definition) is 9. The van der Waals surface area contributed by atoms with E-state index in [1.165, 1.54) is 18.4 Å². The second kappa shape index (κ2) is 7.64. The van der Waals surface area contributed by atoms with E-state index in [2.05, 4.69) is 25.7 Å². The minimum atomic E-state index is -0.464. The minimum Gasteiger partial charge on any atom is -0.493 e. The Morgan fingerprint density at radius 2 is 2.14 bits per heavy atom. The number of amides is 1. The molecule has 0 fully saturated rings. The van der Waals surface area contributed by atoms with E-state index in [0.717, 1.165) is 5.01 Å². The van der Waals surface area contributed by atoms with Gasteiger partial charge in [-0.05, 0) is 47.4 Å². The first-order valence-corrected chi connectivity index (χ1v) is 9.23. The van der Waals surface area contributed by atoms with E-state index in [1.54, 1.807) is 48.7 Å². The molecule has 0 saturated carbocycles. The van der Waals surface area contributed by atoms with Crippen LogP contribution in [-0.2, 0) is 4.79 Å². The Balaban J connectivity index is 1.59. The molecule has 0 saturated heterocycles. The van der Waals surface area contributed by atoms with Crippen LogP contribution in [0.25, 0.3) is 6.08 Å². The van der Waals surface area contributed by atoms with Gasteiger partial charge in [-0.25, -0.2) is 4.79 Å². The van der Waals surface area contributed by atoms with Crippen LogP contribution in [0, 0.1) is 0 Å². The lowest BCUT2D eigenvalue weighted by Gasteiger charge is -2.10. The summed E-state index contributed by atoms with van der Waals surface area (Å²) in [5.41, 5.74) is 1.55. The van der Waals surface area contributed by atoms with Crippen molar-refractivity contribution in [2.75, 3.05) is 12.1 Å². The molecule has 1 N–H and O–H groups in total. The number of anilines is 1. The number of ether oxygens (including phenoxy) is 2. The predicted octanol–water partition coefficient (Wildman–Crippen LogP) is 2.30. The number of benzene rings is 1. The zero-order valence-electron chi connectivity index (χ0n) is 15.3. The number of H-pyrrole nitrogens is 1. The number of thiophene rings is 1. The summed E-state index contributed by atoms with van der Waals surface area (Å²) in [6.45, 7) is 1.71. The van der Waals surface area contributed by atoms with Crippen molar-refractivity contribution in [2.24, 2.45) is 5.10 Å². The zero-order chi connectivity index (χ0) is 20.4. The monoisotopic (exact) mass is 410 g/mol. The van der Waals surface area contributed by atoms with E-state index in [-0.39, 0.29) is 17.6 Å². The van der Waals surface area contributed by atoms with Crippen LogP contribution < -0.4 is 14.5 Å². The van der Waals surface area contributed by atoms with Gasteiger partial charge in [0.25, 0.3) is 11.9 Å². The largest absolute Gasteiger partial charge is 0.493 e. The number of carbonyl (C=O) groups is 2. The molecule has 3 heterocycles. The highest BCUT2D eigenvalue weighted by Gasteiger charge is 2.31. The van der Waals surface area contributed by atoms with Crippen LogP contribution in [0.15, 0.2) is 46.4 Å². The van der Waals surface area contributed by atoms with Gasteiger partial charge in [-0.2, -0.15) is 15.3 Å². The van der Waals surface area contributed by atoms with Gasteiger partial charge in [0, 0.05) is 0 Å². The average molecular weight is 410 g/mol. The van der Waals surface area contributed by atoms with Crippen molar-refractivity contribution in [2.45, 2.75) is 6.92 Å². The number of tetrazole rings is 1. The maximum absolute atomic E-state index is 12.6. The molecule has 1 aliphatic heterocycles. The Bertz CT molecular complexity index is 1120. The Kier molecular flexibility index (Phi) is 4.87. The fourth-order valence-electron chi connectivity index (χ4n) is 2.64. The lowest BCUT2D eigenvalue weighted by molar-refractivity contribution is -0.114. The number of aromatic amines is 1. The smallest absolute Gasteiger partial charge is 0.353 e. The Morgan fingerprint density at radius 3 is 2.83 bits per heavy atom. The molecular formula is C18H14N6O4S. The molecule has 1 amide bonds. The second-order valence-corrected chi connectivity index (χ2v) is 6.80. The highest BCUT2D eigenvalue weighted by molar-refractivity contribution is 7.12. The lowest BCUT2D eigenvalue weighted by Crippen LogP contribution is -2.22. The van der Waals surface area contributed by atoms with Gasteiger partial charge in [-0.15, -0.1) is 16.4 Å². The van der Waals surface area contributed by atoms with E-state index in [4.69, 9.17) is 9.47 Å². The third-order valence-electron chi connectivity index (χ3n) is 4.01. The topological polar surface area (TPSA) is 123 Å². The van der Waals surface area contributed by atoms with Gasteiger partial charge in [0.2, 0.25) is 0 Å². The maximum atomic E-state index is 12.6. The molecule has 0 aliphatic carbocycles. The molecule has 29 heavy (non-hydrogen) atoms. The number of methoxy groups -OCH3 is 1. The first kappa shape index (κ1) is 18.5. The third-order valence-corrected chi connectivity index (χ3v) is 4.86. The summed E-state index contributed by atoms with van der Waals surface area (Å²) in [7, 11) is 1.47. The summed E-state index contributed by atoms with van der Waals surface area (Å²) < 4.78 is 10.8. The lowest BCUT2D eigenvalue weighted by atomic mass is 10.1. The van der Waals surface area contributed by atoms with E-state index in [9.17, 15) is 9.59 Å². The molecule has 11 heteroatoms. The van der Waals surface area contributed by atoms with E-state index in [0.29, 0.717) is 27.5 Å². The summed E-state index contributed by atoms with van der Waals surface area (Å²) in [4.78, 5) is 25.3.